The largest absolute Gasteiger partial charge is 0.355 e. The Hall–Kier alpha value is -1.98. The van der Waals surface area contributed by atoms with Crippen LogP contribution in [0.5, 0.6) is 0 Å². The molecular formula is C18H23N5O. The molecule has 2 atom stereocenters. The van der Waals surface area contributed by atoms with Crippen LogP contribution in [0.4, 0.5) is 5.82 Å². The molecule has 24 heavy (non-hydrogen) atoms. The van der Waals surface area contributed by atoms with Gasteiger partial charge in [-0.05, 0) is 51.4 Å². The SMILES string of the molecule is Cc1noc([C@]23CCC[C@H]2CN(c2ncnc4c2CCCC4)C3)n1. The van der Waals surface area contributed by atoms with E-state index in [0.29, 0.717) is 5.92 Å². The average molecular weight is 325 g/mol. The van der Waals surface area contributed by atoms with Crippen molar-refractivity contribution in [2.75, 3.05) is 18.0 Å². The normalized spacial score (nSPS) is 28.9. The monoisotopic (exact) mass is 325 g/mol. The molecule has 0 radical (unpaired) electrons. The van der Waals surface area contributed by atoms with Crippen LogP contribution in [0.25, 0.3) is 0 Å². The van der Waals surface area contributed by atoms with Gasteiger partial charge in [-0.15, -0.1) is 0 Å². The first kappa shape index (κ1) is 14.4. The molecule has 0 bridgehead atoms. The third kappa shape index (κ3) is 2.01. The molecule has 2 fully saturated rings. The number of nitrogens with zero attached hydrogens (tertiary/aromatic N) is 5. The summed E-state index contributed by atoms with van der Waals surface area (Å²) in [4.78, 5) is 16.3. The number of fused-ring (bicyclic) bond motifs is 2. The van der Waals surface area contributed by atoms with E-state index < -0.39 is 0 Å². The van der Waals surface area contributed by atoms with E-state index in [1.807, 2.05) is 6.92 Å². The molecule has 0 aromatic carbocycles. The second-order valence-corrected chi connectivity index (χ2v) is 7.60. The molecule has 5 rings (SSSR count). The standard InChI is InChI=1S/C18H23N5O/c1-12-21-17(24-22-12)18-8-4-5-13(18)9-23(10-18)16-14-6-2-3-7-15(14)19-11-20-16/h11,13H,2-10H2,1H3/t13-,18-/m0/s1. The summed E-state index contributed by atoms with van der Waals surface area (Å²) in [6.07, 6.45) is 10.1. The third-order valence-electron chi connectivity index (χ3n) is 6.23. The van der Waals surface area contributed by atoms with Gasteiger partial charge >= 0.3 is 0 Å². The molecule has 6 nitrogen and oxygen atoms in total. The first-order valence-corrected chi connectivity index (χ1v) is 9.15. The molecule has 0 amide bonds. The minimum atomic E-state index is 0.0216. The quantitative estimate of drug-likeness (QED) is 0.845. The first-order chi connectivity index (χ1) is 11.8. The fourth-order valence-electron chi connectivity index (χ4n) is 5.08. The number of hydrogen-bond acceptors (Lipinski definition) is 6. The number of hydrogen-bond donors (Lipinski definition) is 0. The van der Waals surface area contributed by atoms with Crippen LogP contribution in [0.2, 0.25) is 0 Å². The lowest BCUT2D eigenvalue weighted by molar-refractivity contribution is 0.265. The molecule has 1 saturated carbocycles. The highest BCUT2D eigenvalue weighted by molar-refractivity contribution is 5.52. The van der Waals surface area contributed by atoms with Crippen molar-refractivity contribution in [2.24, 2.45) is 5.92 Å². The van der Waals surface area contributed by atoms with Crippen molar-refractivity contribution in [3.63, 3.8) is 0 Å². The van der Waals surface area contributed by atoms with Crippen molar-refractivity contribution in [2.45, 2.75) is 57.3 Å². The van der Waals surface area contributed by atoms with Crippen LogP contribution in [-0.2, 0) is 18.3 Å². The summed E-state index contributed by atoms with van der Waals surface area (Å²) in [5.74, 6) is 3.33. The highest BCUT2D eigenvalue weighted by atomic mass is 16.5. The maximum atomic E-state index is 5.63. The molecular weight excluding hydrogens is 302 g/mol. The van der Waals surface area contributed by atoms with Gasteiger partial charge in [-0.1, -0.05) is 11.6 Å². The Morgan fingerprint density at radius 2 is 2.12 bits per heavy atom. The molecule has 2 aliphatic carbocycles. The van der Waals surface area contributed by atoms with E-state index in [4.69, 9.17) is 4.52 Å². The molecule has 0 spiro atoms. The number of rotatable bonds is 2. The fraction of sp³-hybridized carbons (Fsp3) is 0.667. The van der Waals surface area contributed by atoms with Gasteiger partial charge in [0.15, 0.2) is 5.82 Å². The molecule has 1 aliphatic heterocycles. The van der Waals surface area contributed by atoms with E-state index in [1.54, 1.807) is 6.33 Å². The zero-order valence-electron chi connectivity index (χ0n) is 14.2. The smallest absolute Gasteiger partial charge is 0.234 e. The topological polar surface area (TPSA) is 67.9 Å². The average Bonchev–Trinajstić information content (AvgIpc) is 3.28. The summed E-state index contributed by atoms with van der Waals surface area (Å²) >= 11 is 0. The van der Waals surface area contributed by atoms with Gasteiger partial charge in [0.05, 0.1) is 5.41 Å². The summed E-state index contributed by atoms with van der Waals surface area (Å²) in [5.41, 5.74) is 2.65. The van der Waals surface area contributed by atoms with Crippen LogP contribution in [0.3, 0.4) is 0 Å². The predicted octanol–water partition coefficient (Wildman–Crippen LogP) is 2.60. The van der Waals surface area contributed by atoms with Crippen LogP contribution in [-0.4, -0.2) is 33.2 Å². The zero-order valence-corrected chi connectivity index (χ0v) is 14.2. The van der Waals surface area contributed by atoms with E-state index in [1.165, 1.54) is 36.9 Å². The highest BCUT2D eigenvalue weighted by Gasteiger charge is 2.54. The second-order valence-electron chi connectivity index (χ2n) is 7.60. The summed E-state index contributed by atoms with van der Waals surface area (Å²) in [6, 6.07) is 0. The molecule has 2 aromatic rings. The summed E-state index contributed by atoms with van der Waals surface area (Å²) in [5, 5.41) is 4.05. The molecule has 126 valence electrons. The van der Waals surface area contributed by atoms with Gasteiger partial charge in [0.25, 0.3) is 0 Å². The summed E-state index contributed by atoms with van der Waals surface area (Å²) < 4.78 is 5.63. The molecule has 6 heteroatoms. The summed E-state index contributed by atoms with van der Waals surface area (Å²) in [6.45, 7) is 3.90. The Morgan fingerprint density at radius 1 is 1.21 bits per heavy atom. The van der Waals surface area contributed by atoms with Crippen molar-refractivity contribution in [1.82, 2.24) is 20.1 Å². The van der Waals surface area contributed by atoms with Crippen molar-refractivity contribution in [3.8, 4) is 0 Å². The second kappa shape index (κ2) is 5.26. The first-order valence-electron chi connectivity index (χ1n) is 9.15. The Labute approximate surface area is 141 Å². The molecule has 3 heterocycles. The van der Waals surface area contributed by atoms with Gasteiger partial charge in [0.2, 0.25) is 5.89 Å². The van der Waals surface area contributed by atoms with Crippen LogP contribution in [0.15, 0.2) is 10.9 Å². The fourth-order valence-corrected chi connectivity index (χ4v) is 5.08. The maximum absolute atomic E-state index is 5.63. The number of anilines is 1. The van der Waals surface area contributed by atoms with Gasteiger partial charge in [0, 0.05) is 24.3 Å². The van der Waals surface area contributed by atoms with Crippen molar-refractivity contribution in [3.05, 3.63) is 29.3 Å². The van der Waals surface area contributed by atoms with Crippen LogP contribution in [0.1, 0.15) is 55.1 Å². The minimum Gasteiger partial charge on any atom is -0.355 e. The lowest BCUT2D eigenvalue weighted by Gasteiger charge is -2.27. The zero-order chi connectivity index (χ0) is 16.1. The molecule has 0 unspecified atom stereocenters. The molecule has 0 N–H and O–H groups in total. The Kier molecular flexibility index (Phi) is 3.15. The van der Waals surface area contributed by atoms with Gasteiger partial charge in [0.1, 0.15) is 12.1 Å². The number of aryl methyl sites for hydroxylation is 2. The van der Waals surface area contributed by atoms with E-state index in [0.717, 1.165) is 49.9 Å². The van der Waals surface area contributed by atoms with E-state index in [-0.39, 0.29) is 5.41 Å². The van der Waals surface area contributed by atoms with Crippen molar-refractivity contribution < 1.29 is 4.52 Å². The Bertz CT molecular complexity index is 773. The Balaban J connectivity index is 1.52. The molecule has 3 aliphatic rings. The molecule has 1 saturated heterocycles. The minimum absolute atomic E-state index is 0.0216. The van der Waals surface area contributed by atoms with Crippen molar-refractivity contribution in [1.29, 1.82) is 0 Å². The van der Waals surface area contributed by atoms with E-state index in [9.17, 15) is 0 Å². The van der Waals surface area contributed by atoms with Gasteiger partial charge in [-0.2, -0.15) is 4.98 Å². The van der Waals surface area contributed by atoms with Crippen LogP contribution >= 0.6 is 0 Å². The lowest BCUT2D eigenvalue weighted by atomic mass is 9.80. The van der Waals surface area contributed by atoms with Gasteiger partial charge in [-0.25, -0.2) is 9.97 Å². The van der Waals surface area contributed by atoms with Crippen LogP contribution in [0, 0.1) is 12.8 Å². The van der Waals surface area contributed by atoms with Crippen LogP contribution < -0.4 is 4.90 Å². The maximum Gasteiger partial charge on any atom is 0.234 e. The highest BCUT2D eigenvalue weighted by Crippen LogP contribution is 2.51. The van der Waals surface area contributed by atoms with Gasteiger partial charge in [-0.3, -0.25) is 0 Å². The van der Waals surface area contributed by atoms with E-state index >= 15 is 0 Å². The van der Waals surface area contributed by atoms with Crippen molar-refractivity contribution >= 4 is 5.82 Å². The predicted molar refractivity (Wildman–Crippen MR) is 88.9 cm³/mol. The summed E-state index contributed by atoms with van der Waals surface area (Å²) in [7, 11) is 0. The molecule has 2 aromatic heterocycles. The number of aromatic nitrogens is 4. The Morgan fingerprint density at radius 3 is 3.00 bits per heavy atom. The third-order valence-corrected chi connectivity index (χ3v) is 6.23. The van der Waals surface area contributed by atoms with Gasteiger partial charge < -0.3 is 9.42 Å². The van der Waals surface area contributed by atoms with E-state index in [2.05, 4.69) is 25.0 Å². The lowest BCUT2D eigenvalue weighted by Crippen LogP contribution is -2.33.